The Morgan fingerprint density at radius 2 is 1.74 bits per heavy atom. The van der Waals surface area contributed by atoms with Crippen molar-refractivity contribution in [1.29, 1.82) is 0 Å². The summed E-state index contributed by atoms with van der Waals surface area (Å²) in [6, 6.07) is 20.2. The lowest BCUT2D eigenvalue weighted by molar-refractivity contribution is 0.414. The van der Waals surface area contributed by atoms with E-state index in [0.717, 1.165) is 44.8 Å². The van der Waals surface area contributed by atoms with Gasteiger partial charge in [-0.3, -0.25) is 10.1 Å². The number of aromatic amines is 1. The molecule has 0 saturated heterocycles. The Morgan fingerprint density at radius 1 is 0.971 bits per heavy atom. The third-order valence-electron chi connectivity index (χ3n) is 6.11. The molecule has 0 atom stereocenters. The lowest BCUT2D eigenvalue weighted by Crippen LogP contribution is -2.13. The summed E-state index contributed by atoms with van der Waals surface area (Å²) in [5.74, 6) is 0.909. The topological polar surface area (TPSA) is 76.0 Å². The summed E-state index contributed by atoms with van der Waals surface area (Å²) >= 11 is 0. The number of pyridine rings is 1. The van der Waals surface area contributed by atoms with E-state index in [1.54, 1.807) is 13.3 Å². The predicted molar refractivity (Wildman–Crippen MR) is 135 cm³/mol. The van der Waals surface area contributed by atoms with Crippen molar-refractivity contribution in [2.24, 2.45) is 0 Å². The summed E-state index contributed by atoms with van der Waals surface area (Å²) in [5.41, 5.74) is 6.38. The van der Waals surface area contributed by atoms with Crippen LogP contribution in [-0.2, 0) is 12.0 Å². The lowest BCUT2D eigenvalue weighted by atomic mass is 9.89. The fourth-order valence-corrected chi connectivity index (χ4v) is 4.45. The number of benzene rings is 2. The van der Waals surface area contributed by atoms with E-state index in [4.69, 9.17) is 4.74 Å². The molecule has 0 fully saturated rings. The molecular formula is C28H28N4O2. The van der Waals surface area contributed by atoms with Gasteiger partial charge in [0.1, 0.15) is 11.3 Å². The summed E-state index contributed by atoms with van der Waals surface area (Å²) < 4.78 is 7.64. The molecule has 0 aliphatic heterocycles. The maximum Gasteiger partial charge on any atom is 0.218 e. The van der Waals surface area contributed by atoms with Crippen LogP contribution >= 0.6 is 0 Å². The molecule has 5 aromatic rings. The second kappa shape index (κ2) is 8.37. The molecule has 6 heteroatoms. The molecule has 0 radical (unpaired) electrons. The van der Waals surface area contributed by atoms with Crippen molar-refractivity contribution in [3.63, 3.8) is 0 Å². The van der Waals surface area contributed by atoms with E-state index in [1.165, 1.54) is 0 Å². The molecule has 0 bridgehead atoms. The van der Waals surface area contributed by atoms with Gasteiger partial charge in [-0.25, -0.2) is 0 Å². The Balaban J connectivity index is 1.67. The Labute approximate surface area is 198 Å². The van der Waals surface area contributed by atoms with Crippen LogP contribution in [-0.4, -0.2) is 32.0 Å². The van der Waals surface area contributed by atoms with Crippen LogP contribution in [0.2, 0.25) is 0 Å². The summed E-state index contributed by atoms with van der Waals surface area (Å²) in [4.78, 5) is 4.21. The largest absolute Gasteiger partial charge is 0.496 e. The number of fused-ring (bicyclic) bond motifs is 1. The highest BCUT2D eigenvalue weighted by Crippen LogP contribution is 2.44. The number of aromatic hydroxyl groups is 1. The van der Waals surface area contributed by atoms with Crippen LogP contribution in [0.4, 0.5) is 0 Å². The number of para-hydroxylation sites is 1. The summed E-state index contributed by atoms with van der Waals surface area (Å²) in [6.07, 6.45) is 3.63. The number of nitrogens with one attached hydrogen (secondary N) is 1. The summed E-state index contributed by atoms with van der Waals surface area (Å²) in [7, 11) is 1.67. The number of aromatic nitrogens is 4. The van der Waals surface area contributed by atoms with Gasteiger partial charge in [0.2, 0.25) is 5.88 Å². The smallest absolute Gasteiger partial charge is 0.218 e. The normalized spacial score (nSPS) is 11.8. The first-order chi connectivity index (χ1) is 16.4. The highest BCUT2D eigenvalue weighted by molar-refractivity contribution is 6.01. The van der Waals surface area contributed by atoms with Gasteiger partial charge in [0, 0.05) is 23.4 Å². The van der Waals surface area contributed by atoms with Crippen LogP contribution in [0.1, 0.15) is 32.0 Å². The number of hydrogen-bond acceptors (Lipinski definition) is 4. The minimum Gasteiger partial charge on any atom is -0.496 e. The van der Waals surface area contributed by atoms with Crippen molar-refractivity contribution in [3.8, 4) is 34.0 Å². The molecule has 3 heterocycles. The minimum absolute atomic E-state index is 0.162. The molecule has 0 saturated carbocycles. The van der Waals surface area contributed by atoms with Crippen molar-refractivity contribution in [1.82, 2.24) is 19.7 Å². The molecule has 0 unspecified atom stereocenters. The molecule has 6 nitrogen and oxygen atoms in total. The Bertz CT molecular complexity index is 1440. The highest BCUT2D eigenvalue weighted by atomic mass is 16.5. The van der Waals surface area contributed by atoms with E-state index < -0.39 is 0 Å². The lowest BCUT2D eigenvalue weighted by Gasteiger charge is -2.18. The van der Waals surface area contributed by atoms with E-state index in [0.29, 0.717) is 12.1 Å². The van der Waals surface area contributed by atoms with Crippen molar-refractivity contribution in [2.45, 2.75) is 32.7 Å². The van der Waals surface area contributed by atoms with Gasteiger partial charge in [0.15, 0.2) is 0 Å². The van der Waals surface area contributed by atoms with Crippen LogP contribution in [0.5, 0.6) is 11.6 Å². The van der Waals surface area contributed by atoms with Crippen LogP contribution in [0.25, 0.3) is 33.3 Å². The van der Waals surface area contributed by atoms with Gasteiger partial charge in [-0.2, -0.15) is 5.10 Å². The highest BCUT2D eigenvalue weighted by Gasteiger charge is 2.29. The average molecular weight is 453 g/mol. The number of H-pyrrole nitrogens is 1. The number of methoxy groups -OCH3 is 1. The Kier molecular flexibility index (Phi) is 5.36. The van der Waals surface area contributed by atoms with E-state index in [9.17, 15) is 5.11 Å². The maximum atomic E-state index is 11.3. The number of ether oxygens (including phenoxy) is 1. The molecule has 5 rings (SSSR count). The van der Waals surface area contributed by atoms with Crippen LogP contribution in [0.15, 0.2) is 73.1 Å². The first kappa shape index (κ1) is 21.8. The quantitative estimate of drug-likeness (QED) is 0.335. The van der Waals surface area contributed by atoms with Gasteiger partial charge in [0.05, 0.1) is 30.4 Å². The van der Waals surface area contributed by atoms with E-state index in [-0.39, 0.29) is 11.3 Å². The fourth-order valence-electron chi connectivity index (χ4n) is 4.45. The van der Waals surface area contributed by atoms with Crippen molar-refractivity contribution in [3.05, 3.63) is 84.3 Å². The SMILES string of the molecule is COc1ccccc1-c1c2c(C(C)(C)C)n[nH]c2c(O)n1Cc1ccc(-c2cccnc2)cc1. The van der Waals surface area contributed by atoms with Crippen molar-refractivity contribution in [2.75, 3.05) is 7.11 Å². The second-order valence-electron chi connectivity index (χ2n) is 9.47. The van der Waals surface area contributed by atoms with Gasteiger partial charge in [0.25, 0.3) is 0 Å². The maximum absolute atomic E-state index is 11.3. The summed E-state index contributed by atoms with van der Waals surface area (Å²) in [6.45, 7) is 6.87. The van der Waals surface area contributed by atoms with Crippen molar-refractivity contribution < 1.29 is 9.84 Å². The first-order valence-electron chi connectivity index (χ1n) is 11.3. The molecule has 34 heavy (non-hydrogen) atoms. The van der Waals surface area contributed by atoms with Gasteiger partial charge >= 0.3 is 0 Å². The third-order valence-corrected chi connectivity index (χ3v) is 6.11. The minimum atomic E-state index is -0.209. The predicted octanol–water partition coefficient (Wildman–Crippen LogP) is 6.15. The molecular weight excluding hydrogens is 424 g/mol. The molecule has 172 valence electrons. The average Bonchev–Trinajstić information content (AvgIpc) is 3.39. The van der Waals surface area contributed by atoms with E-state index in [2.05, 4.69) is 60.2 Å². The van der Waals surface area contributed by atoms with Crippen LogP contribution in [0, 0.1) is 0 Å². The standard InChI is InChI=1S/C28H28N4O2/c1-28(2,3)26-23-24(30-31-26)27(33)32(25(23)21-9-5-6-10-22(21)34-4)17-18-11-13-19(14-12-18)20-8-7-15-29-16-20/h5-16,30,33H,17H2,1-4H3. The van der Waals surface area contributed by atoms with Gasteiger partial charge < -0.3 is 14.4 Å². The molecule has 0 amide bonds. The molecule has 2 N–H and O–H groups in total. The van der Waals surface area contributed by atoms with Crippen LogP contribution in [0.3, 0.4) is 0 Å². The van der Waals surface area contributed by atoms with Gasteiger partial charge in [-0.05, 0) is 34.9 Å². The second-order valence-corrected chi connectivity index (χ2v) is 9.47. The number of rotatable bonds is 5. The first-order valence-corrected chi connectivity index (χ1v) is 11.3. The number of hydrogen-bond donors (Lipinski definition) is 2. The fraction of sp³-hybridized carbons (Fsp3) is 0.214. The molecule has 3 aromatic heterocycles. The third kappa shape index (κ3) is 3.71. The molecule has 2 aromatic carbocycles. The van der Waals surface area contributed by atoms with Gasteiger partial charge in [-0.15, -0.1) is 0 Å². The van der Waals surface area contributed by atoms with Crippen LogP contribution < -0.4 is 4.74 Å². The molecule has 0 spiro atoms. The molecule has 0 aliphatic carbocycles. The number of nitrogens with zero attached hydrogens (tertiary/aromatic N) is 3. The zero-order valence-electron chi connectivity index (χ0n) is 19.8. The van der Waals surface area contributed by atoms with E-state index in [1.807, 2.05) is 47.2 Å². The Morgan fingerprint density at radius 3 is 2.41 bits per heavy atom. The van der Waals surface area contributed by atoms with Crippen molar-refractivity contribution >= 4 is 10.9 Å². The van der Waals surface area contributed by atoms with Gasteiger partial charge in [-0.1, -0.05) is 63.2 Å². The Hall–Kier alpha value is -4.06. The monoisotopic (exact) mass is 452 g/mol. The van der Waals surface area contributed by atoms with E-state index >= 15 is 0 Å². The zero-order chi connectivity index (χ0) is 23.9. The zero-order valence-corrected chi connectivity index (χ0v) is 19.8. The molecule has 0 aliphatic rings. The summed E-state index contributed by atoms with van der Waals surface area (Å²) in [5, 5.41) is 19.9.